The van der Waals surface area contributed by atoms with Crippen molar-refractivity contribution in [1.29, 1.82) is 0 Å². The predicted molar refractivity (Wildman–Crippen MR) is 86.9 cm³/mol. The first-order chi connectivity index (χ1) is 10.2. The number of hydrazone groups is 1. The van der Waals surface area contributed by atoms with Crippen LogP contribution in [0.25, 0.3) is 11.0 Å². The minimum Gasteiger partial charge on any atom is -0.259 e. The zero-order valence-electron chi connectivity index (χ0n) is 11.4. The van der Waals surface area contributed by atoms with Gasteiger partial charge in [0.15, 0.2) is 11.0 Å². The third-order valence-electron chi connectivity index (χ3n) is 2.99. The van der Waals surface area contributed by atoms with Gasteiger partial charge in [0.1, 0.15) is 0 Å². The monoisotopic (exact) mass is 296 g/mol. The van der Waals surface area contributed by atoms with Crippen LogP contribution in [-0.2, 0) is 0 Å². The molecule has 5 heteroatoms. The number of halogens is 1. The van der Waals surface area contributed by atoms with Crippen molar-refractivity contribution in [2.24, 2.45) is 5.10 Å². The van der Waals surface area contributed by atoms with Crippen LogP contribution in [0.2, 0.25) is 5.15 Å². The number of benzene rings is 2. The number of hydrogen-bond acceptors (Lipinski definition) is 4. The van der Waals surface area contributed by atoms with Crippen molar-refractivity contribution in [2.75, 3.05) is 5.43 Å². The van der Waals surface area contributed by atoms with E-state index in [9.17, 15) is 0 Å². The molecular formula is C16H13ClN4. The van der Waals surface area contributed by atoms with Gasteiger partial charge < -0.3 is 0 Å². The van der Waals surface area contributed by atoms with Gasteiger partial charge in [-0.05, 0) is 24.6 Å². The zero-order valence-corrected chi connectivity index (χ0v) is 12.2. The number of rotatable bonds is 3. The van der Waals surface area contributed by atoms with Crippen LogP contribution in [0.15, 0.2) is 53.6 Å². The number of aromatic nitrogens is 2. The summed E-state index contributed by atoms with van der Waals surface area (Å²) in [5, 5.41) is 4.45. The highest BCUT2D eigenvalue weighted by Gasteiger charge is 2.05. The van der Waals surface area contributed by atoms with Gasteiger partial charge in [0.25, 0.3) is 0 Å². The molecule has 0 radical (unpaired) electrons. The highest BCUT2D eigenvalue weighted by Crippen LogP contribution is 2.20. The molecule has 0 unspecified atom stereocenters. The lowest BCUT2D eigenvalue weighted by Gasteiger charge is -2.03. The van der Waals surface area contributed by atoms with Crippen LogP contribution in [0.3, 0.4) is 0 Å². The molecule has 0 bridgehead atoms. The molecule has 0 saturated carbocycles. The van der Waals surface area contributed by atoms with Crippen molar-refractivity contribution in [3.05, 3.63) is 64.8 Å². The van der Waals surface area contributed by atoms with Crippen molar-refractivity contribution in [3.63, 3.8) is 0 Å². The summed E-state index contributed by atoms with van der Waals surface area (Å²) in [6.07, 6.45) is 1.71. The fourth-order valence-electron chi connectivity index (χ4n) is 1.87. The Bertz CT molecular complexity index is 797. The van der Waals surface area contributed by atoms with Gasteiger partial charge in [-0.3, -0.25) is 5.43 Å². The predicted octanol–water partition coefficient (Wildman–Crippen LogP) is 4.04. The minimum absolute atomic E-state index is 0.301. The van der Waals surface area contributed by atoms with E-state index in [-0.39, 0.29) is 0 Å². The number of nitrogens with zero attached hydrogens (tertiary/aromatic N) is 3. The van der Waals surface area contributed by atoms with Gasteiger partial charge in [-0.25, -0.2) is 9.97 Å². The van der Waals surface area contributed by atoms with Gasteiger partial charge in [0.2, 0.25) is 0 Å². The molecule has 21 heavy (non-hydrogen) atoms. The lowest BCUT2D eigenvalue weighted by molar-refractivity contribution is 1.22. The van der Waals surface area contributed by atoms with Crippen LogP contribution >= 0.6 is 11.6 Å². The van der Waals surface area contributed by atoms with Crippen molar-refractivity contribution in [2.45, 2.75) is 6.92 Å². The van der Waals surface area contributed by atoms with E-state index in [1.54, 1.807) is 6.21 Å². The minimum atomic E-state index is 0.301. The van der Waals surface area contributed by atoms with E-state index in [0.29, 0.717) is 11.0 Å². The summed E-state index contributed by atoms with van der Waals surface area (Å²) in [5.41, 5.74) is 6.57. The Morgan fingerprint density at radius 1 is 1.00 bits per heavy atom. The largest absolute Gasteiger partial charge is 0.259 e. The smallest absolute Gasteiger partial charge is 0.185 e. The molecule has 0 aliphatic carbocycles. The molecule has 3 aromatic rings. The number of fused-ring (bicyclic) bond motifs is 1. The van der Waals surface area contributed by atoms with E-state index in [2.05, 4.69) is 20.5 Å². The lowest BCUT2D eigenvalue weighted by atomic mass is 10.2. The lowest BCUT2D eigenvalue weighted by Crippen LogP contribution is -1.97. The summed E-state index contributed by atoms with van der Waals surface area (Å²) >= 11 is 6.10. The van der Waals surface area contributed by atoms with Crippen molar-refractivity contribution in [3.8, 4) is 0 Å². The Labute approximate surface area is 127 Å². The van der Waals surface area contributed by atoms with Gasteiger partial charge in [-0.15, -0.1) is 0 Å². The normalized spacial score (nSPS) is 11.1. The Balaban J connectivity index is 1.81. The first kappa shape index (κ1) is 13.5. The molecule has 3 rings (SSSR count). The molecule has 0 spiro atoms. The molecule has 104 valence electrons. The van der Waals surface area contributed by atoms with Gasteiger partial charge in [0, 0.05) is 0 Å². The van der Waals surface area contributed by atoms with E-state index >= 15 is 0 Å². The van der Waals surface area contributed by atoms with E-state index in [1.165, 1.54) is 5.56 Å². The number of anilines is 1. The summed E-state index contributed by atoms with van der Waals surface area (Å²) in [7, 11) is 0. The standard InChI is InChI=1S/C16H13ClN4/c1-11-6-8-12(9-7-11)10-18-21-16-15(17)19-13-4-2-3-5-14(13)20-16/h2-10H,1H3,(H,20,21). The van der Waals surface area contributed by atoms with Gasteiger partial charge in [-0.1, -0.05) is 53.6 Å². The molecule has 0 aliphatic heterocycles. The average molecular weight is 297 g/mol. The maximum atomic E-state index is 6.10. The molecule has 1 N–H and O–H groups in total. The second-order valence-corrected chi connectivity index (χ2v) is 4.99. The van der Waals surface area contributed by atoms with E-state index < -0.39 is 0 Å². The summed E-state index contributed by atoms with van der Waals surface area (Å²) in [6, 6.07) is 15.6. The number of aryl methyl sites for hydroxylation is 1. The van der Waals surface area contributed by atoms with Crippen molar-refractivity contribution < 1.29 is 0 Å². The fraction of sp³-hybridized carbons (Fsp3) is 0.0625. The van der Waals surface area contributed by atoms with Gasteiger partial charge in [-0.2, -0.15) is 5.10 Å². The average Bonchev–Trinajstić information content (AvgIpc) is 2.50. The van der Waals surface area contributed by atoms with Crippen LogP contribution in [-0.4, -0.2) is 16.2 Å². The molecular weight excluding hydrogens is 284 g/mol. The molecule has 1 heterocycles. The molecule has 0 amide bonds. The fourth-order valence-corrected chi connectivity index (χ4v) is 2.05. The summed E-state index contributed by atoms with van der Waals surface area (Å²) in [4.78, 5) is 8.68. The van der Waals surface area contributed by atoms with Crippen LogP contribution in [0, 0.1) is 6.92 Å². The van der Waals surface area contributed by atoms with E-state index in [1.807, 2.05) is 55.5 Å². The molecule has 0 saturated heterocycles. The number of nitrogens with one attached hydrogen (secondary N) is 1. The third-order valence-corrected chi connectivity index (χ3v) is 3.25. The van der Waals surface area contributed by atoms with Gasteiger partial charge in [0.05, 0.1) is 17.2 Å². The molecule has 2 aromatic carbocycles. The number of para-hydroxylation sites is 2. The molecule has 0 fully saturated rings. The summed E-state index contributed by atoms with van der Waals surface area (Å²) < 4.78 is 0. The first-order valence-corrected chi connectivity index (χ1v) is 6.88. The SMILES string of the molecule is Cc1ccc(C=NNc2nc3ccccc3nc2Cl)cc1. The quantitative estimate of drug-likeness (QED) is 0.586. The van der Waals surface area contributed by atoms with Crippen LogP contribution < -0.4 is 5.43 Å². The molecule has 0 aliphatic rings. The van der Waals surface area contributed by atoms with Crippen LogP contribution in [0.5, 0.6) is 0 Å². The second-order valence-electron chi connectivity index (χ2n) is 4.63. The zero-order chi connectivity index (χ0) is 14.7. The van der Waals surface area contributed by atoms with E-state index in [0.717, 1.165) is 16.6 Å². The Kier molecular flexibility index (Phi) is 3.79. The van der Waals surface area contributed by atoms with Crippen LogP contribution in [0.1, 0.15) is 11.1 Å². The maximum absolute atomic E-state index is 6.10. The number of hydrogen-bond donors (Lipinski definition) is 1. The third kappa shape index (κ3) is 3.17. The Hall–Kier alpha value is -2.46. The Morgan fingerprint density at radius 3 is 2.38 bits per heavy atom. The first-order valence-electron chi connectivity index (χ1n) is 6.50. The highest BCUT2D eigenvalue weighted by molar-refractivity contribution is 6.32. The van der Waals surface area contributed by atoms with Gasteiger partial charge >= 0.3 is 0 Å². The molecule has 4 nitrogen and oxygen atoms in total. The second kappa shape index (κ2) is 5.89. The Morgan fingerprint density at radius 2 is 1.67 bits per heavy atom. The highest BCUT2D eigenvalue weighted by atomic mass is 35.5. The van der Waals surface area contributed by atoms with Crippen molar-refractivity contribution >= 4 is 34.7 Å². The summed E-state index contributed by atoms with van der Waals surface area (Å²) in [6.45, 7) is 2.05. The van der Waals surface area contributed by atoms with E-state index in [4.69, 9.17) is 11.6 Å². The van der Waals surface area contributed by atoms with Crippen LogP contribution in [0.4, 0.5) is 5.82 Å². The molecule has 0 atom stereocenters. The molecule has 1 aromatic heterocycles. The van der Waals surface area contributed by atoms with Crippen molar-refractivity contribution in [1.82, 2.24) is 9.97 Å². The summed E-state index contributed by atoms with van der Waals surface area (Å²) in [5.74, 6) is 0.443. The topological polar surface area (TPSA) is 50.2 Å². The maximum Gasteiger partial charge on any atom is 0.185 e.